The van der Waals surface area contributed by atoms with Crippen molar-refractivity contribution in [2.45, 2.75) is 45.7 Å². The lowest BCUT2D eigenvalue weighted by molar-refractivity contribution is 0.210. The molecule has 33 heavy (non-hydrogen) atoms. The number of nitrogens with zero attached hydrogens (tertiary/aromatic N) is 2. The molecule has 0 unspecified atom stereocenters. The predicted octanol–water partition coefficient (Wildman–Crippen LogP) is 6.76. The van der Waals surface area contributed by atoms with Crippen molar-refractivity contribution in [3.63, 3.8) is 0 Å². The van der Waals surface area contributed by atoms with E-state index in [1.807, 2.05) is 35.2 Å². The van der Waals surface area contributed by atoms with E-state index in [-0.39, 0.29) is 6.03 Å². The van der Waals surface area contributed by atoms with E-state index in [1.54, 1.807) is 0 Å². The summed E-state index contributed by atoms with van der Waals surface area (Å²) < 4.78 is 2.49. The van der Waals surface area contributed by atoms with Crippen LogP contribution in [0.2, 0.25) is 0 Å². The van der Waals surface area contributed by atoms with Crippen molar-refractivity contribution in [3.8, 4) is 0 Å². The average Bonchev–Trinajstić information content (AvgIpc) is 2.94. The van der Waals surface area contributed by atoms with E-state index in [4.69, 9.17) is 0 Å². The second-order valence-corrected chi connectivity index (χ2v) is 9.00. The van der Waals surface area contributed by atoms with Crippen molar-refractivity contribution in [2.75, 3.05) is 11.9 Å². The second kappa shape index (κ2) is 9.53. The van der Waals surface area contributed by atoms with Crippen molar-refractivity contribution >= 4 is 22.6 Å². The molecule has 3 aromatic rings. The quantitative estimate of drug-likeness (QED) is 0.483. The maximum atomic E-state index is 13.1. The van der Waals surface area contributed by atoms with Gasteiger partial charge in [0.2, 0.25) is 0 Å². The summed E-state index contributed by atoms with van der Waals surface area (Å²) in [6.07, 6.45) is 15.2. The van der Waals surface area contributed by atoms with Crippen molar-refractivity contribution in [2.24, 2.45) is 0 Å². The first-order valence-electron chi connectivity index (χ1n) is 11.9. The molecule has 4 nitrogen and oxygen atoms in total. The third kappa shape index (κ3) is 4.65. The molecular formula is C29H31N3O. The molecule has 1 aliphatic carbocycles. The van der Waals surface area contributed by atoms with Crippen LogP contribution in [-0.4, -0.2) is 22.0 Å². The van der Waals surface area contributed by atoms with Gasteiger partial charge in [-0.25, -0.2) is 4.79 Å². The fourth-order valence-electron chi connectivity index (χ4n) is 4.93. The number of para-hydroxylation sites is 1. The summed E-state index contributed by atoms with van der Waals surface area (Å²) in [6.45, 7) is 4.41. The van der Waals surface area contributed by atoms with Crippen LogP contribution in [0.5, 0.6) is 0 Å². The van der Waals surface area contributed by atoms with Crippen LogP contribution in [0, 0.1) is 6.92 Å². The summed E-state index contributed by atoms with van der Waals surface area (Å²) in [6, 6.07) is 16.4. The second-order valence-electron chi connectivity index (χ2n) is 9.00. The first-order valence-corrected chi connectivity index (χ1v) is 11.9. The summed E-state index contributed by atoms with van der Waals surface area (Å²) in [5.41, 5.74) is 7.37. The van der Waals surface area contributed by atoms with E-state index >= 15 is 0 Å². The number of amides is 2. The van der Waals surface area contributed by atoms with Gasteiger partial charge in [-0.2, -0.15) is 0 Å². The maximum absolute atomic E-state index is 13.1. The van der Waals surface area contributed by atoms with E-state index in [9.17, 15) is 4.79 Å². The highest BCUT2D eigenvalue weighted by Crippen LogP contribution is 2.32. The normalized spacial score (nSPS) is 19.5. The number of urea groups is 1. The SMILES string of the molecule is Cc1ccc2c(c1)c1c(n2CC2=C/CC/C=C/C=C\2)CCCN(C(=O)Nc2ccccc2)C1. The zero-order valence-corrected chi connectivity index (χ0v) is 19.3. The maximum Gasteiger partial charge on any atom is 0.322 e. The van der Waals surface area contributed by atoms with Gasteiger partial charge >= 0.3 is 6.03 Å². The number of aryl methyl sites for hydroxylation is 1. The van der Waals surface area contributed by atoms with Crippen LogP contribution in [0.4, 0.5) is 10.5 Å². The number of aromatic nitrogens is 1. The Kier molecular flexibility index (Phi) is 6.16. The molecule has 4 heteroatoms. The molecule has 0 saturated carbocycles. The summed E-state index contributed by atoms with van der Waals surface area (Å²) in [5.74, 6) is 0. The van der Waals surface area contributed by atoms with Gasteiger partial charge < -0.3 is 14.8 Å². The Morgan fingerprint density at radius 3 is 2.82 bits per heavy atom. The molecule has 2 aliphatic rings. The van der Waals surface area contributed by atoms with Crippen LogP contribution in [0.1, 0.15) is 36.1 Å². The molecular weight excluding hydrogens is 406 g/mol. The van der Waals surface area contributed by atoms with Gasteiger partial charge in [0.1, 0.15) is 0 Å². The monoisotopic (exact) mass is 437 g/mol. The molecule has 1 aliphatic heterocycles. The fourth-order valence-corrected chi connectivity index (χ4v) is 4.93. The van der Waals surface area contributed by atoms with Crippen LogP contribution in [0.25, 0.3) is 10.9 Å². The van der Waals surface area contributed by atoms with Gasteiger partial charge in [0.05, 0.1) is 0 Å². The minimum absolute atomic E-state index is 0.0277. The molecule has 2 aromatic carbocycles. The number of anilines is 1. The fraction of sp³-hybridized carbons (Fsp3) is 0.276. The summed E-state index contributed by atoms with van der Waals surface area (Å²) in [5, 5.41) is 4.35. The number of benzene rings is 2. The standard InChI is InChI=1S/C29H31N3O/c1-22-16-17-28-25(19-22)26-21-31(29(33)30-24-13-8-5-9-14-24)18-10-15-27(26)32(28)20-23-11-6-3-2-4-7-12-23/h2-3,5-6,8-9,11-14,16-17,19H,4,7,10,15,18,20-21H2,1H3,(H,30,33)/b3-2+,11-6-,23-12+. The van der Waals surface area contributed by atoms with Crippen LogP contribution in [0.3, 0.4) is 0 Å². The van der Waals surface area contributed by atoms with Gasteiger partial charge in [-0.15, -0.1) is 0 Å². The molecule has 0 radical (unpaired) electrons. The van der Waals surface area contributed by atoms with Crippen molar-refractivity contribution in [3.05, 3.63) is 101 Å². The van der Waals surface area contributed by atoms with Crippen LogP contribution in [0.15, 0.2) is 84.5 Å². The van der Waals surface area contributed by atoms with E-state index in [2.05, 4.69) is 65.4 Å². The molecule has 168 valence electrons. The predicted molar refractivity (Wildman–Crippen MR) is 136 cm³/mol. The molecule has 5 rings (SSSR count). The molecule has 0 saturated heterocycles. The number of nitrogens with one attached hydrogen (secondary N) is 1. The van der Waals surface area contributed by atoms with Gasteiger partial charge in [0.15, 0.2) is 0 Å². The number of allylic oxidation sites excluding steroid dienone is 6. The van der Waals surface area contributed by atoms with Crippen LogP contribution in [-0.2, 0) is 19.5 Å². The Bertz CT molecular complexity index is 1250. The smallest absolute Gasteiger partial charge is 0.322 e. The first-order chi connectivity index (χ1) is 16.2. The summed E-state index contributed by atoms with van der Waals surface area (Å²) in [4.78, 5) is 15.1. The Balaban J connectivity index is 1.50. The van der Waals surface area contributed by atoms with E-state index < -0.39 is 0 Å². The van der Waals surface area contributed by atoms with Crippen LogP contribution >= 0.6 is 0 Å². The summed E-state index contributed by atoms with van der Waals surface area (Å²) in [7, 11) is 0. The Morgan fingerprint density at radius 1 is 1.06 bits per heavy atom. The zero-order valence-electron chi connectivity index (χ0n) is 19.3. The highest BCUT2D eigenvalue weighted by Gasteiger charge is 2.25. The number of hydrogen-bond acceptors (Lipinski definition) is 1. The van der Waals surface area contributed by atoms with Gasteiger partial charge in [0.25, 0.3) is 0 Å². The molecule has 0 bridgehead atoms. The highest BCUT2D eigenvalue weighted by molar-refractivity contribution is 5.91. The number of carbonyl (C=O) groups is 1. The molecule has 0 atom stereocenters. The topological polar surface area (TPSA) is 37.3 Å². The first kappa shape index (κ1) is 21.3. The minimum atomic E-state index is -0.0277. The number of hydrogen-bond donors (Lipinski definition) is 1. The highest BCUT2D eigenvalue weighted by atomic mass is 16.2. The largest absolute Gasteiger partial charge is 0.340 e. The number of carbonyl (C=O) groups excluding carboxylic acids is 1. The van der Waals surface area contributed by atoms with E-state index in [0.29, 0.717) is 6.54 Å². The van der Waals surface area contributed by atoms with Crippen molar-refractivity contribution in [1.82, 2.24) is 9.47 Å². The molecule has 2 heterocycles. The van der Waals surface area contributed by atoms with Gasteiger partial charge in [-0.1, -0.05) is 60.2 Å². The van der Waals surface area contributed by atoms with Gasteiger partial charge in [-0.05, 0) is 62.4 Å². The van der Waals surface area contributed by atoms with Crippen molar-refractivity contribution < 1.29 is 4.79 Å². The molecule has 0 fully saturated rings. The van der Waals surface area contributed by atoms with Crippen LogP contribution < -0.4 is 5.32 Å². The lowest BCUT2D eigenvalue weighted by atomic mass is 10.1. The van der Waals surface area contributed by atoms with Crippen molar-refractivity contribution in [1.29, 1.82) is 0 Å². The Labute approximate surface area is 195 Å². The average molecular weight is 438 g/mol. The van der Waals surface area contributed by atoms with E-state index in [1.165, 1.54) is 33.3 Å². The molecule has 1 aromatic heterocycles. The molecule has 0 spiro atoms. The number of fused-ring (bicyclic) bond motifs is 3. The van der Waals surface area contributed by atoms with E-state index in [0.717, 1.165) is 44.5 Å². The Hall–Kier alpha value is -3.53. The Morgan fingerprint density at radius 2 is 1.94 bits per heavy atom. The molecule has 2 amide bonds. The minimum Gasteiger partial charge on any atom is -0.340 e. The zero-order chi connectivity index (χ0) is 22.6. The lowest BCUT2D eigenvalue weighted by Gasteiger charge is -2.21. The van der Waals surface area contributed by atoms with Gasteiger partial charge in [0, 0.05) is 47.5 Å². The third-order valence-corrected chi connectivity index (χ3v) is 6.58. The van der Waals surface area contributed by atoms with Gasteiger partial charge in [-0.3, -0.25) is 0 Å². The summed E-state index contributed by atoms with van der Waals surface area (Å²) >= 11 is 0. The number of rotatable bonds is 3. The third-order valence-electron chi connectivity index (χ3n) is 6.58. The molecule has 1 N–H and O–H groups in total. The lowest BCUT2D eigenvalue weighted by Crippen LogP contribution is -2.34.